The Hall–Kier alpha value is -5.29. The average molecular weight is 490 g/mol. The van der Waals surface area contributed by atoms with Crippen LogP contribution in [-0.4, -0.2) is 14.4 Å². The normalized spacial score (nSPS) is 11.8. The molecule has 6 aromatic carbocycles. The van der Waals surface area contributed by atoms with E-state index < -0.39 is 5.69 Å². The Kier molecular flexibility index (Phi) is 4.31. The van der Waals surface area contributed by atoms with Crippen LogP contribution in [0.25, 0.3) is 71.8 Å². The lowest BCUT2D eigenvalue weighted by Gasteiger charge is -2.12. The molecular formula is C33H19N3O2. The number of para-hydroxylation sites is 2. The molecule has 178 valence electrons. The molecule has 0 spiro atoms. The number of hydrogen-bond donors (Lipinski definition) is 0. The fourth-order valence-electron chi connectivity index (χ4n) is 5.54. The van der Waals surface area contributed by atoms with Crippen molar-refractivity contribution in [1.29, 1.82) is 0 Å². The number of fused-ring (bicyclic) bond motifs is 9. The predicted octanol–water partition coefficient (Wildman–Crippen LogP) is 7.63. The summed E-state index contributed by atoms with van der Waals surface area (Å²) in [6.07, 6.45) is 0. The maximum atomic E-state index is 12.9. The van der Waals surface area contributed by atoms with E-state index in [-0.39, 0.29) is 5.84 Å². The standard InChI is InChI=1S/C33H19N3O2/c37-32-34-31(35-33-36(32)29-14-5-6-15-30(29)38-33)22-9-7-8-20(18-22)21-16-17-27-25-12-2-1-10-23(25)24-11-3-4-13-26(24)28(27)19-21/h1-19H. The van der Waals surface area contributed by atoms with Crippen LogP contribution >= 0.6 is 0 Å². The molecule has 0 aliphatic carbocycles. The highest BCUT2D eigenvalue weighted by Gasteiger charge is 2.14. The minimum absolute atomic E-state index is 0.232. The van der Waals surface area contributed by atoms with Gasteiger partial charge in [0.1, 0.15) is 0 Å². The zero-order valence-electron chi connectivity index (χ0n) is 20.1. The van der Waals surface area contributed by atoms with Gasteiger partial charge in [-0.25, -0.2) is 9.20 Å². The molecule has 0 aliphatic rings. The first-order valence-electron chi connectivity index (χ1n) is 12.5. The zero-order chi connectivity index (χ0) is 25.2. The Morgan fingerprint density at radius 3 is 1.89 bits per heavy atom. The summed E-state index contributed by atoms with van der Waals surface area (Å²) in [6, 6.07) is 39.1. The van der Waals surface area contributed by atoms with Gasteiger partial charge in [0.25, 0.3) is 0 Å². The van der Waals surface area contributed by atoms with Crippen molar-refractivity contribution in [3.63, 3.8) is 0 Å². The Labute approximate surface area is 216 Å². The fraction of sp³-hybridized carbons (Fsp3) is 0. The van der Waals surface area contributed by atoms with E-state index in [1.807, 2.05) is 42.5 Å². The second kappa shape index (κ2) is 7.85. The SMILES string of the molecule is O=c1nc(-c2cccc(-c3ccc4c5ccccc5c5ccccc5c4c3)c2)nc2oc3ccccc3n12. The van der Waals surface area contributed by atoms with Crippen LogP contribution in [0.2, 0.25) is 0 Å². The molecule has 0 radical (unpaired) electrons. The van der Waals surface area contributed by atoms with Crippen molar-refractivity contribution in [2.75, 3.05) is 0 Å². The number of benzene rings is 6. The summed E-state index contributed by atoms with van der Waals surface area (Å²) < 4.78 is 7.25. The van der Waals surface area contributed by atoms with Crippen molar-refractivity contribution in [1.82, 2.24) is 14.4 Å². The summed E-state index contributed by atoms with van der Waals surface area (Å²) >= 11 is 0. The number of rotatable bonds is 2. The molecule has 38 heavy (non-hydrogen) atoms. The predicted molar refractivity (Wildman–Crippen MR) is 152 cm³/mol. The van der Waals surface area contributed by atoms with Crippen LogP contribution in [0, 0.1) is 0 Å². The molecule has 0 N–H and O–H groups in total. The van der Waals surface area contributed by atoms with Gasteiger partial charge in [0.15, 0.2) is 11.4 Å². The summed E-state index contributed by atoms with van der Waals surface area (Å²) in [5.74, 6) is 0.573. The molecule has 0 atom stereocenters. The zero-order valence-corrected chi connectivity index (χ0v) is 20.1. The lowest BCUT2D eigenvalue weighted by Crippen LogP contribution is -2.18. The Morgan fingerprint density at radius 2 is 1.13 bits per heavy atom. The van der Waals surface area contributed by atoms with Gasteiger partial charge in [-0.3, -0.25) is 0 Å². The van der Waals surface area contributed by atoms with Crippen LogP contribution in [-0.2, 0) is 0 Å². The molecule has 2 heterocycles. The van der Waals surface area contributed by atoms with Crippen LogP contribution in [0.5, 0.6) is 0 Å². The summed E-state index contributed by atoms with van der Waals surface area (Å²) in [4.78, 5) is 21.8. The quantitative estimate of drug-likeness (QED) is 0.234. The number of oxazole rings is 1. The van der Waals surface area contributed by atoms with Gasteiger partial charge in [-0.15, -0.1) is 0 Å². The van der Waals surface area contributed by atoms with E-state index in [1.165, 1.54) is 36.7 Å². The third-order valence-corrected chi connectivity index (χ3v) is 7.29. The molecule has 0 aliphatic heterocycles. The van der Waals surface area contributed by atoms with Gasteiger partial charge >= 0.3 is 11.5 Å². The van der Waals surface area contributed by atoms with Crippen molar-refractivity contribution in [3.8, 4) is 22.5 Å². The largest absolute Gasteiger partial charge is 0.423 e. The van der Waals surface area contributed by atoms with Gasteiger partial charge in [-0.05, 0) is 67.7 Å². The first kappa shape index (κ1) is 20.9. The Morgan fingerprint density at radius 1 is 0.526 bits per heavy atom. The van der Waals surface area contributed by atoms with Crippen molar-refractivity contribution >= 4 is 49.3 Å². The maximum Gasteiger partial charge on any atom is 0.358 e. The molecule has 8 aromatic rings. The molecule has 5 nitrogen and oxygen atoms in total. The molecule has 0 fully saturated rings. The van der Waals surface area contributed by atoms with Crippen LogP contribution < -0.4 is 5.69 Å². The lowest BCUT2D eigenvalue weighted by atomic mass is 9.92. The second-order valence-electron chi connectivity index (χ2n) is 9.45. The summed E-state index contributed by atoms with van der Waals surface area (Å²) in [5, 5.41) is 7.41. The smallest absolute Gasteiger partial charge is 0.358 e. The molecule has 0 bridgehead atoms. The van der Waals surface area contributed by atoms with Crippen LogP contribution in [0.4, 0.5) is 0 Å². The molecule has 0 amide bonds. The third-order valence-electron chi connectivity index (χ3n) is 7.29. The molecule has 2 aromatic heterocycles. The van der Waals surface area contributed by atoms with Crippen molar-refractivity contribution < 1.29 is 4.42 Å². The van der Waals surface area contributed by atoms with Gasteiger partial charge in [0.2, 0.25) is 0 Å². The number of aromatic nitrogens is 3. The van der Waals surface area contributed by atoms with E-state index in [1.54, 1.807) is 0 Å². The highest BCUT2D eigenvalue weighted by molar-refractivity contribution is 6.25. The first-order valence-corrected chi connectivity index (χ1v) is 12.5. The molecule has 0 unspecified atom stereocenters. The van der Waals surface area contributed by atoms with Crippen LogP contribution in [0.1, 0.15) is 0 Å². The third kappa shape index (κ3) is 3.02. The van der Waals surface area contributed by atoms with Crippen molar-refractivity contribution in [3.05, 3.63) is 126 Å². The van der Waals surface area contributed by atoms with Gasteiger partial charge < -0.3 is 4.42 Å². The topological polar surface area (TPSA) is 60.4 Å². The molecule has 8 rings (SSSR count). The van der Waals surface area contributed by atoms with Crippen molar-refractivity contribution in [2.45, 2.75) is 0 Å². The van der Waals surface area contributed by atoms with E-state index in [0.717, 1.165) is 16.7 Å². The minimum atomic E-state index is -0.413. The fourth-order valence-corrected chi connectivity index (χ4v) is 5.54. The molecular weight excluding hydrogens is 470 g/mol. The van der Waals surface area contributed by atoms with E-state index in [2.05, 4.69) is 82.8 Å². The van der Waals surface area contributed by atoms with Crippen LogP contribution in [0.3, 0.4) is 0 Å². The highest BCUT2D eigenvalue weighted by Crippen LogP contribution is 2.37. The summed E-state index contributed by atoms with van der Waals surface area (Å²) in [5.41, 5.74) is 3.70. The Balaban J connectivity index is 1.31. The molecule has 0 saturated heterocycles. The number of nitrogens with zero attached hydrogens (tertiary/aromatic N) is 3. The maximum absolute atomic E-state index is 12.9. The summed E-state index contributed by atoms with van der Waals surface area (Å²) in [7, 11) is 0. The van der Waals surface area contributed by atoms with Crippen LogP contribution in [0.15, 0.2) is 124 Å². The van der Waals surface area contributed by atoms with E-state index in [4.69, 9.17) is 4.42 Å². The monoisotopic (exact) mass is 489 g/mol. The average Bonchev–Trinajstić information content (AvgIpc) is 3.36. The van der Waals surface area contributed by atoms with Gasteiger partial charge in [0.05, 0.1) is 5.52 Å². The Bertz CT molecular complexity index is 2240. The van der Waals surface area contributed by atoms with E-state index in [0.29, 0.717) is 16.9 Å². The van der Waals surface area contributed by atoms with Crippen molar-refractivity contribution in [2.24, 2.45) is 0 Å². The molecule has 0 saturated carbocycles. The highest BCUT2D eigenvalue weighted by atomic mass is 16.4. The second-order valence-corrected chi connectivity index (χ2v) is 9.45. The van der Waals surface area contributed by atoms with E-state index >= 15 is 0 Å². The lowest BCUT2D eigenvalue weighted by molar-refractivity contribution is 0.630. The molecule has 5 heteroatoms. The minimum Gasteiger partial charge on any atom is -0.423 e. The van der Waals surface area contributed by atoms with Gasteiger partial charge in [-0.1, -0.05) is 91.0 Å². The van der Waals surface area contributed by atoms with E-state index in [9.17, 15) is 4.79 Å². The van der Waals surface area contributed by atoms with Gasteiger partial charge in [0, 0.05) is 5.56 Å². The first-order chi connectivity index (χ1) is 18.7. The summed E-state index contributed by atoms with van der Waals surface area (Å²) in [6.45, 7) is 0. The van der Waals surface area contributed by atoms with Gasteiger partial charge in [-0.2, -0.15) is 9.97 Å². The number of hydrogen-bond acceptors (Lipinski definition) is 4.